The number of fused-ring (bicyclic) bond motifs is 1. The summed E-state index contributed by atoms with van der Waals surface area (Å²) < 4.78 is 7.38. The molecule has 0 N–H and O–H groups in total. The summed E-state index contributed by atoms with van der Waals surface area (Å²) in [7, 11) is 1.63. The summed E-state index contributed by atoms with van der Waals surface area (Å²) in [6.45, 7) is 0.803. The number of aromatic nitrogens is 1. The van der Waals surface area contributed by atoms with Gasteiger partial charge in [0.15, 0.2) is 0 Å². The number of hydrogen-bond donors (Lipinski definition) is 0. The third-order valence-electron chi connectivity index (χ3n) is 3.25. The Labute approximate surface area is 117 Å². The first-order chi connectivity index (χ1) is 9.28. The lowest BCUT2D eigenvalue weighted by molar-refractivity contribution is 0.415. The van der Waals surface area contributed by atoms with E-state index in [0.717, 1.165) is 12.1 Å². The van der Waals surface area contributed by atoms with Crippen molar-refractivity contribution < 1.29 is 4.74 Å². The Morgan fingerprint density at radius 2 is 1.95 bits per heavy atom. The second kappa shape index (κ2) is 4.98. The largest absolute Gasteiger partial charge is 0.495 e. The van der Waals surface area contributed by atoms with Crippen LogP contribution in [0, 0.1) is 0 Å². The number of ether oxygens (including phenoxy) is 1. The molecule has 3 rings (SSSR count). The Morgan fingerprint density at radius 3 is 2.74 bits per heavy atom. The van der Waals surface area contributed by atoms with E-state index in [1.165, 1.54) is 10.9 Å². The molecule has 0 aliphatic rings. The molecule has 3 aromatic rings. The lowest BCUT2D eigenvalue weighted by Crippen LogP contribution is -1.98. The van der Waals surface area contributed by atoms with Crippen LogP contribution in [0.25, 0.3) is 10.9 Å². The Bertz CT molecular complexity index is 718. The van der Waals surface area contributed by atoms with Crippen LogP contribution in [0.3, 0.4) is 0 Å². The fraction of sp³-hybridized carbons (Fsp3) is 0.125. The molecule has 19 heavy (non-hydrogen) atoms. The van der Waals surface area contributed by atoms with E-state index in [1.54, 1.807) is 7.11 Å². The molecule has 0 bridgehead atoms. The molecule has 3 heteroatoms. The predicted molar refractivity (Wildman–Crippen MR) is 79.0 cm³/mol. The Hall–Kier alpha value is -1.93. The average Bonchev–Trinajstić information content (AvgIpc) is 2.83. The Balaban J connectivity index is 1.95. The van der Waals surface area contributed by atoms with E-state index >= 15 is 0 Å². The zero-order valence-electron chi connectivity index (χ0n) is 10.6. The highest BCUT2D eigenvalue weighted by Crippen LogP contribution is 2.26. The third kappa shape index (κ3) is 2.32. The summed E-state index contributed by atoms with van der Waals surface area (Å²) in [6.07, 6.45) is 2.10. The zero-order chi connectivity index (χ0) is 13.2. The second-order valence-corrected chi connectivity index (χ2v) is 4.88. The van der Waals surface area contributed by atoms with E-state index in [4.69, 9.17) is 16.3 Å². The van der Waals surface area contributed by atoms with Gasteiger partial charge in [0.1, 0.15) is 5.75 Å². The molecule has 0 saturated heterocycles. The van der Waals surface area contributed by atoms with Crippen molar-refractivity contribution in [3.05, 3.63) is 65.3 Å². The smallest absolute Gasteiger partial charge is 0.137 e. The molecular formula is C16H14ClNO. The van der Waals surface area contributed by atoms with Gasteiger partial charge in [-0.1, -0.05) is 35.9 Å². The number of nitrogens with zero attached hydrogens (tertiary/aromatic N) is 1. The molecule has 96 valence electrons. The van der Waals surface area contributed by atoms with Crippen molar-refractivity contribution in [1.29, 1.82) is 0 Å². The number of benzene rings is 2. The highest BCUT2D eigenvalue weighted by atomic mass is 35.5. The van der Waals surface area contributed by atoms with Crippen LogP contribution in [0.4, 0.5) is 0 Å². The van der Waals surface area contributed by atoms with Crippen molar-refractivity contribution in [2.24, 2.45) is 0 Å². The van der Waals surface area contributed by atoms with Gasteiger partial charge in [-0.25, -0.2) is 0 Å². The monoisotopic (exact) mass is 271 g/mol. The zero-order valence-corrected chi connectivity index (χ0v) is 11.4. The highest BCUT2D eigenvalue weighted by molar-refractivity contribution is 6.32. The maximum Gasteiger partial charge on any atom is 0.137 e. The van der Waals surface area contributed by atoms with Gasteiger partial charge in [0.05, 0.1) is 12.1 Å². The van der Waals surface area contributed by atoms with Gasteiger partial charge in [-0.15, -0.1) is 0 Å². The molecule has 0 amide bonds. The van der Waals surface area contributed by atoms with Crippen molar-refractivity contribution in [2.45, 2.75) is 6.54 Å². The first kappa shape index (κ1) is 12.1. The van der Waals surface area contributed by atoms with Gasteiger partial charge in [-0.05, 0) is 35.2 Å². The van der Waals surface area contributed by atoms with E-state index in [-0.39, 0.29) is 0 Å². The minimum atomic E-state index is 0.650. The van der Waals surface area contributed by atoms with Crippen molar-refractivity contribution in [1.82, 2.24) is 4.57 Å². The molecular weight excluding hydrogens is 258 g/mol. The van der Waals surface area contributed by atoms with Gasteiger partial charge in [0.25, 0.3) is 0 Å². The van der Waals surface area contributed by atoms with Crippen LogP contribution in [0.2, 0.25) is 5.02 Å². The summed E-state index contributed by atoms with van der Waals surface area (Å²) in [5.74, 6) is 0.711. The van der Waals surface area contributed by atoms with Gasteiger partial charge in [0, 0.05) is 18.3 Å². The molecule has 0 spiro atoms. The molecule has 1 aromatic heterocycles. The fourth-order valence-corrected chi connectivity index (χ4v) is 2.56. The van der Waals surface area contributed by atoms with Crippen molar-refractivity contribution in [3.63, 3.8) is 0 Å². The molecule has 2 nitrogen and oxygen atoms in total. The molecule has 0 fully saturated rings. The van der Waals surface area contributed by atoms with E-state index in [9.17, 15) is 0 Å². The number of para-hydroxylation sites is 1. The maximum atomic E-state index is 6.15. The van der Waals surface area contributed by atoms with Gasteiger partial charge >= 0.3 is 0 Å². The molecule has 0 aliphatic carbocycles. The van der Waals surface area contributed by atoms with Crippen LogP contribution in [0.1, 0.15) is 5.56 Å². The van der Waals surface area contributed by atoms with E-state index in [1.807, 2.05) is 18.2 Å². The second-order valence-electron chi connectivity index (χ2n) is 4.47. The highest BCUT2D eigenvalue weighted by Gasteiger charge is 2.04. The molecule has 0 radical (unpaired) electrons. The summed E-state index contributed by atoms with van der Waals surface area (Å²) in [6, 6.07) is 16.4. The number of rotatable bonds is 3. The molecule has 0 atom stereocenters. The van der Waals surface area contributed by atoms with Crippen LogP contribution in [0.5, 0.6) is 5.75 Å². The van der Waals surface area contributed by atoms with Gasteiger partial charge in [-0.2, -0.15) is 0 Å². The fourth-order valence-electron chi connectivity index (χ4n) is 2.28. The van der Waals surface area contributed by atoms with Crippen molar-refractivity contribution in [3.8, 4) is 5.75 Å². The average molecular weight is 272 g/mol. The number of hydrogen-bond acceptors (Lipinski definition) is 1. The lowest BCUT2D eigenvalue weighted by atomic mass is 10.2. The first-order valence-corrected chi connectivity index (χ1v) is 6.52. The van der Waals surface area contributed by atoms with E-state index in [0.29, 0.717) is 10.8 Å². The third-order valence-corrected chi connectivity index (χ3v) is 3.54. The Kier molecular flexibility index (Phi) is 3.18. The summed E-state index contributed by atoms with van der Waals surface area (Å²) in [5.41, 5.74) is 2.39. The van der Waals surface area contributed by atoms with Crippen LogP contribution in [0.15, 0.2) is 54.7 Å². The number of halogens is 1. The first-order valence-electron chi connectivity index (χ1n) is 6.14. The minimum absolute atomic E-state index is 0.650. The SMILES string of the molecule is COc1ccc(Cn2ccc3ccccc32)cc1Cl. The normalized spacial score (nSPS) is 10.8. The Morgan fingerprint density at radius 1 is 1.11 bits per heavy atom. The van der Waals surface area contributed by atoms with Crippen molar-refractivity contribution >= 4 is 22.5 Å². The standard InChI is InChI=1S/C16H14ClNO/c1-19-16-7-6-12(10-14(16)17)11-18-9-8-13-4-2-3-5-15(13)18/h2-10H,11H2,1H3. The topological polar surface area (TPSA) is 14.2 Å². The van der Waals surface area contributed by atoms with Crippen LogP contribution < -0.4 is 4.74 Å². The van der Waals surface area contributed by atoms with Gasteiger partial charge in [-0.3, -0.25) is 0 Å². The molecule has 0 unspecified atom stereocenters. The van der Waals surface area contributed by atoms with Crippen LogP contribution in [-0.4, -0.2) is 11.7 Å². The quantitative estimate of drug-likeness (QED) is 0.691. The summed E-state index contributed by atoms with van der Waals surface area (Å²) in [4.78, 5) is 0. The summed E-state index contributed by atoms with van der Waals surface area (Å²) >= 11 is 6.15. The van der Waals surface area contributed by atoms with Gasteiger partial charge < -0.3 is 9.30 Å². The molecule has 1 heterocycles. The van der Waals surface area contributed by atoms with Crippen LogP contribution in [-0.2, 0) is 6.54 Å². The molecule has 2 aromatic carbocycles. The molecule has 0 saturated carbocycles. The maximum absolute atomic E-state index is 6.15. The van der Waals surface area contributed by atoms with Crippen molar-refractivity contribution in [2.75, 3.05) is 7.11 Å². The lowest BCUT2D eigenvalue weighted by Gasteiger charge is -2.08. The van der Waals surface area contributed by atoms with E-state index in [2.05, 4.69) is 41.1 Å². The predicted octanol–water partition coefficient (Wildman–Crippen LogP) is 4.35. The van der Waals surface area contributed by atoms with Crippen LogP contribution >= 0.6 is 11.6 Å². The van der Waals surface area contributed by atoms with E-state index < -0.39 is 0 Å². The molecule has 0 aliphatic heterocycles. The minimum Gasteiger partial charge on any atom is -0.495 e. The summed E-state index contributed by atoms with van der Waals surface area (Å²) in [5, 5.41) is 1.90. The van der Waals surface area contributed by atoms with Gasteiger partial charge in [0.2, 0.25) is 0 Å². The number of methoxy groups -OCH3 is 1.